The van der Waals surface area contributed by atoms with Crippen molar-refractivity contribution in [3.63, 3.8) is 0 Å². The summed E-state index contributed by atoms with van der Waals surface area (Å²) in [6.45, 7) is 4.18. The van der Waals surface area contributed by atoms with Crippen molar-refractivity contribution in [1.82, 2.24) is 15.1 Å². The van der Waals surface area contributed by atoms with Gasteiger partial charge >= 0.3 is 5.97 Å². The van der Waals surface area contributed by atoms with E-state index < -0.39 is 5.97 Å². The van der Waals surface area contributed by atoms with Gasteiger partial charge in [-0.3, -0.25) is 4.79 Å². The van der Waals surface area contributed by atoms with E-state index >= 15 is 0 Å². The smallest absolute Gasteiger partial charge is 0.306 e. The predicted molar refractivity (Wildman–Crippen MR) is 68.9 cm³/mol. The first-order valence-corrected chi connectivity index (χ1v) is 6.13. The van der Waals surface area contributed by atoms with Gasteiger partial charge in [-0.1, -0.05) is 12.1 Å². The standard InChI is InChI=1S/C12H16N4O3/c1-7(12(17)18)4-3-5-13-10-9-8(2)16-19-11(9)15-6-14-10/h6-7H,3-5H2,1-2H3,(H,17,18)(H,13,14,15). The van der Waals surface area contributed by atoms with Crippen LogP contribution in [0.1, 0.15) is 25.5 Å². The summed E-state index contributed by atoms with van der Waals surface area (Å²) < 4.78 is 5.05. The van der Waals surface area contributed by atoms with E-state index in [0.717, 1.165) is 17.5 Å². The van der Waals surface area contributed by atoms with Gasteiger partial charge in [0.2, 0.25) is 0 Å². The summed E-state index contributed by atoms with van der Waals surface area (Å²) in [5, 5.41) is 16.6. The van der Waals surface area contributed by atoms with Gasteiger partial charge in [0.15, 0.2) is 0 Å². The van der Waals surface area contributed by atoms with Crippen LogP contribution in [0.5, 0.6) is 0 Å². The number of aryl methyl sites for hydroxylation is 1. The normalized spacial score (nSPS) is 12.5. The third-order valence-electron chi connectivity index (χ3n) is 2.97. The third-order valence-corrected chi connectivity index (χ3v) is 2.97. The number of anilines is 1. The fraction of sp³-hybridized carbons (Fsp3) is 0.500. The van der Waals surface area contributed by atoms with E-state index in [1.54, 1.807) is 6.92 Å². The van der Waals surface area contributed by atoms with Crippen molar-refractivity contribution in [2.24, 2.45) is 5.92 Å². The maximum atomic E-state index is 10.7. The van der Waals surface area contributed by atoms with Crippen molar-refractivity contribution >= 4 is 22.9 Å². The number of rotatable bonds is 6. The second kappa shape index (κ2) is 5.64. The molecule has 2 rings (SSSR count). The van der Waals surface area contributed by atoms with Crippen LogP contribution >= 0.6 is 0 Å². The second-order valence-corrected chi connectivity index (χ2v) is 4.48. The second-order valence-electron chi connectivity index (χ2n) is 4.48. The number of carboxylic acid groups (broad SMARTS) is 1. The Morgan fingerprint density at radius 3 is 3.05 bits per heavy atom. The average molecular weight is 264 g/mol. The average Bonchev–Trinajstić information content (AvgIpc) is 2.77. The molecule has 7 nitrogen and oxygen atoms in total. The van der Waals surface area contributed by atoms with Crippen LogP contribution in [0.25, 0.3) is 11.1 Å². The molecule has 2 N–H and O–H groups in total. The van der Waals surface area contributed by atoms with E-state index in [0.29, 0.717) is 24.5 Å². The molecular formula is C12H16N4O3. The van der Waals surface area contributed by atoms with Gasteiger partial charge in [-0.25, -0.2) is 4.98 Å². The van der Waals surface area contributed by atoms with E-state index in [4.69, 9.17) is 9.63 Å². The summed E-state index contributed by atoms with van der Waals surface area (Å²) >= 11 is 0. The van der Waals surface area contributed by atoms with Crippen molar-refractivity contribution in [3.05, 3.63) is 12.0 Å². The topological polar surface area (TPSA) is 101 Å². The minimum atomic E-state index is -0.765. The van der Waals surface area contributed by atoms with Gasteiger partial charge in [0.25, 0.3) is 5.71 Å². The van der Waals surface area contributed by atoms with E-state index in [1.165, 1.54) is 6.33 Å². The Hall–Kier alpha value is -2.18. The Morgan fingerprint density at radius 1 is 1.53 bits per heavy atom. The quantitative estimate of drug-likeness (QED) is 0.767. The number of aliphatic carboxylic acids is 1. The minimum absolute atomic E-state index is 0.329. The zero-order valence-corrected chi connectivity index (χ0v) is 10.9. The third kappa shape index (κ3) is 2.98. The Morgan fingerprint density at radius 2 is 2.32 bits per heavy atom. The number of hydrogen-bond donors (Lipinski definition) is 2. The number of nitrogens with zero attached hydrogens (tertiary/aromatic N) is 3. The van der Waals surface area contributed by atoms with Crippen molar-refractivity contribution in [2.75, 3.05) is 11.9 Å². The highest BCUT2D eigenvalue weighted by Crippen LogP contribution is 2.22. The molecule has 0 aliphatic carbocycles. The lowest BCUT2D eigenvalue weighted by Crippen LogP contribution is -2.12. The fourth-order valence-corrected chi connectivity index (χ4v) is 1.79. The maximum absolute atomic E-state index is 10.7. The molecule has 0 amide bonds. The molecule has 1 unspecified atom stereocenters. The van der Waals surface area contributed by atoms with Crippen LogP contribution in [-0.2, 0) is 4.79 Å². The van der Waals surface area contributed by atoms with Gasteiger partial charge in [-0.15, -0.1) is 0 Å². The van der Waals surface area contributed by atoms with Gasteiger partial charge in [-0.05, 0) is 19.8 Å². The van der Waals surface area contributed by atoms with Crippen molar-refractivity contribution in [1.29, 1.82) is 0 Å². The van der Waals surface area contributed by atoms with E-state index in [9.17, 15) is 4.79 Å². The SMILES string of the molecule is Cc1noc2ncnc(NCCCC(C)C(=O)O)c12. The minimum Gasteiger partial charge on any atom is -0.481 e. The summed E-state index contributed by atoms with van der Waals surface area (Å²) in [5.41, 5.74) is 1.19. The Kier molecular flexibility index (Phi) is 3.94. The number of aromatic nitrogens is 3. The van der Waals surface area contributed by atoms with Crippen LogP contribution in [0, 0.1) is 12.8 Å². The zero-order valence-electron chi connectivity index (χ0n) is 10.9. The van der Waals surface area contributed by atoms with E-state index in [-0.39, 0.29) is 5.92 Å². The molecule has 0 aliphatic heterocycles. The largest absolute Gasteiger partial charge is 0.481 e. The highest BCUT2D eigenvalue weighted by Gasteiger charge is 2.12. The van der Waals surface area contributed by atoms with Gasteiger partial charge in [0.1, 0.15) is 17.5 Å². The molecular weight excluding hydrogens is 248 g/mol. The summed E-state index contributed by atoms with van der Waals surface area (Å²) in [7, 11) is 0. The highest BCUT2D eigenvalue weighted by molar-refractivity contribution is 5.87. The molecule has 0 aliphatic rings. The molecule has 7 heteroatoms. The van der Waals surface area contributed by atoms with Crippen LogP contribution < -0.4 is 5.32 Å². The predicted octanol–water partition coefficient (Wildman–Crippen LogP) is 1.84. The molecule has 2 aromatic heterocycles. The number of hydrogen-bond acceptors (Lipinski definition) is 6. The number of carbonyl (C=O) groups is 1. The monoisotopic (exact) mass is 264 g/mol. The molecule has 19 heavy (non-hydrogen) atoms. The molecule has 0 saturated heterocycles. The lowest BCUT2D eigenvalue weighted by atomic mass is 10.1. The van der Waals surface area contributed by atoms with Crippen LogP contribution in [0.15, 0.2) is 10.9 Å². The zero-order chi connectivity index (χ0) is 13.8. The first-order chi connectivity index (χ1) is 9.09. The molecule has 0 spiro atoms. The first-order valence-electron chi connectivity index (χ1n) is 6.13. The summed E-state index contributed by atoms with van der Waals surface area (Å²) in [6.07, 6.45) is 2.79. The summed E-state index contributed by atoms with van der Waals surface area (Å²) in [4.78, 5) is 18.8. The lowest BCUT2D eigenvalue weighted by Gasteiger charge is -2.08. The van der Waals surface area contributed by atoms with Crippen LogP contribution in [0.3, 0.4) is 0 Å². The van der Waals surface area contributed by atoms with Crippen molar-refractivity contribution < 1.29 is 14.4 Å². The van der Waals surface area contributed by atoms with Gasteiger partial charge in [-0.2, -0.15) is 4.98 Å². The van der Waals surface area contributed by atoms with Crippen LogP contribution in [0.4, 0.5) is 5.82 Å². The first kappa shape index (κ1) is 13.3. The molecule has 102 valence electrons. The fourth-order valence-electron chi connectivity index (χ4n) is 1.79. The Bertz CT molecular complexity index is 581. The van der Waals surface area contributed by atoms with Gasteiger partial charge in [0.05, 0.1) is 11.6 Å². The Labute approximate surface area is 110 Å². The summed E-state index contributed by atoms with van der Waals surface area (Å²) in [6, 6.07) is 0. The summed E-state index contributed by atoms with van der Waals surface area (Å²) in [5.74, 6) is -0.421. The van der Waals surface area contributed by atoms with Gasteiger partial charge in [0, 0.05) is 6.54 Å². The molecule has 0 aromatic carbocycles. The lowest BCUT2D eigenvalue weighted by molar-refractivity contribution is -0.141. The molecule has 2 heterocycles. The number of fused-ring (bicyclic) bond motifs is 1. The van der Waals surface area contributed by atoms with E-state index in [2.05, 4.69) is 20.4 Å². The van der Waals surface area contributed by atoms with Crippen LogP contribution in [0.2, 0.25) is 0 Å². The molecule has 0 fully saturated rings. The molecule has 1 atom stereocenters. The van der Waals surface area contributed by atoms with Crippen molar-refractivity contribution in [3.8, 4) is 0 Å². The number of carboxylic acids is 1. The van der Waals surface area contributed by atoms with Gasteiger partial charge < -0.3 is 14.9 Å². The maximum Gasteiger partial charge on any atom is 0.306 e. The molecule has 0 radical (unpaired) electrons. The van der Waals surface area contributed by atoms with Crippen LogP contribution in [-0.4, -0.2) is 32.7 Å². The van der Waals surface area contributed by atoms with E-state index in [1.807, 2.05) is 6.92 Å². The molecule has 0 saturated carbocycles. The highest BCUT2D eigenvalue weighted by atomic mass is 16.5. The Balaban J connectivity index is 1.95. The molecule has 0 bridgehead atoms. The number of nitrogens with one attached hydrogen (secondary N) is 1. The molecule has 2 aromatic rings. The van der Waals surface area contributed by atoms with Crippen molar-refractivity contribution in [2.45, 2.75) is 26.7 Å².